The molecule has 0 saturated heterocycles. The Kier molecular flexibility index (Phi) is 7.31. The lowest BCUT2D eigenvalue weighted by Gasteiger charge is -2.09. The number of carbonyl (C=O) groups excluding carboxylic acids is 1. The van der Waals surface area contributed by atoms with Gasteiger partial charge in [0.05, 0.1) is 16.9 Å². The smallest absolute Gasteiger partial charge is 0.313 e. The van der Waals surface area contributed by atoms with Gasteiger partial charge in [0.2, 0.25) is 0 Å². The van der Waals surface area contributed by atoms with E-state index in [-0.39, 0.29) is 23.8 Å². The molecule has 1 heterocycles. The van der Waals surface area contributed by atoms with Crippen LogP contribution in [0.25, 0.3) is 22.1 Å². The second kappa shape index (κ2) is 9.68. The van der Waals surface area contributed by atoms with Crippen molar-refractivity contribution in [1.82, 2.24) is 0 Å². The van der Waals surface area contributed by atoms with Gasteiger partial charge < -0.3 is 14.3 Å². The van der Waals surface area contributed by atoms with Gasteiger partial charge in [-0.3, -0.25) is 14.4 Å². The maximum Gasteiger partial charge on any atom is 0.313 e. The molecule has 3 aromatic rings. The summed E-state index contributed by atoms with van der Waals surface area (Å²) < 4.78 is 10.9. The Bertz CT molecular complexity index is 1050. The summed E-state index contributed by atoms with van der Waals surface area (Å²) in [4.78, 5) is 32.9. The first-order valence-corrected chi connectivity index (χ1v) is 9.24. The molecule has 0 amide bonds. The zero-order valence-electron chi connectivity index (χ0n) is 16.8. The Hall–Kier alpha value is -3.41. The Morgan fingerprint density at radius 1 is 1.07 bits per heavy atom. The molecule has 0 aliphatic carbocycles. The van der Waals surface area contributed by atoms with E-state index in [2.05, 4.69) is 13.8 Å². The standard InChI is InChI=1S/C22H22O4.CH2O2/c1-13(2)15-5-7-16(8-6-15)19-12-25-20-11-17(26-22(24)14(3)4)9-10-18(20)21(19)23;2-1-3/h5-14H,1-4H3;1H,(H,2,3). The summed E-state index contributed by atoms with van der Waals surface area (Å²) in [5.74, 6) is 0.250. The first-order chi connectivity index (χ1) is 13.8. The van der Waals surface area contributed by atoms with Gasteiger partial charge in [0, 0.05) is 6.07 Å². The van der Waals surface area contributed by atoms with Crippen LogP contribution >= 0.6 is 0 Å². The van der Waals surface area contributed by atoms with Crippen molar-refractivity contribution in [2.45, 2.75) is 33.6 Å². The lowest BCUT2D eigenvalue weighted by Crippen LogP contribution is -2.14. The van der Waals surface area contributed by atoms with Crippen molar-refractivity contribution in [2.75, 3.05) is 0 Å². The third-order valence-electron chi connectivity index (χ3n) is 4.32. The number of ether oxygens (including phenoxy) is 1. The van der Waals surface area contributed by atoms with E-state index in [4.69, 9.17) is 19.1 Å². The van der Waals surface area contributed by atoms with E-state index in [9.17, 15) is 9.59 Å². The summed E-state index contributed by atoms with van der Waals surface area (Å²) in [5.41, 5.74) is 2.84. The highest BCUT2D eigenvalue weighted by atomic mass is 16.5. The van der Waals surface area contributed by atoms with Gasteiger partial charge in [-0.2, -0.15) is 0 Å². The quantitative estimate of drug-likeness (QED) is 0.385. The molecular formula is C23H24O6. The van der Waals surface area contributed by atoms with E-state index < -0.39 is 0 Å². The van der Waals surface area contributed by atoms with Crippen LogP contribution in [0.5, 0.6) is 5.75 Å². The van der Waals surface area contributed by atoms with E-state index >= 15 is 0 Å². The molecule has 6 nitrogen and oxygen atoms in total. The van der Waals surface area contributed by atoms with Crippen molar-refractivity contribution in [3.8, 4) is 16.9 Å². The lowest BCUT2D eigenvalue weighted by molar-refractivity contribution is -0.137. The predicted octanol–water partition coefficient (Wildman–Crippen LogP) is 4.85. The van der Waals surface area contributed by atoms with Gasteiger partial charge >= 0.3 is 5.97 Å². The molecule has 0 bridgehead atoms. The van der Waals surface area contributed by atoms with Crippen LogP contribution in [0, 0.1) is 5.92 Å². The predicted molar refractivity (Wildman–Crippen MR) is 111 cm³/mol. The Morgan fingerprint density at radius 3 is 2.24 bits per heavy atom. The Labute approximate surface area is 168 Å². The third-order valence-corrected chi connectivity index (χ3v) is 4.32. The van der Waals surface area contributed by atoms with Crippen molar-refractivity contribution in [2.24, 2.45) is 5.92 Å². The molecule has 0 spiro atoms. The highest BCUT2D eigenvalue weighted by Gasteiger charge is 2.13. The highest BCUT2D eigenvalue weighted by molar-refractivity contribution is 5.83. The third kappa shape index (κ3) is 5.31. The van der Waals surface area contributed by atoms with Crippen LogP contribution in [0.4, 0.5) is 0 Å². The molecule has 0 unspecified atom stereocenters. The number of rotatable bonds is 4. The second-order valence-electron chi connectivity index (χ2n) is 7.09. The number of fused-ring (bicyclic) bond motifs is 1. The first-order valence-electron chi connectivity index (χ1n) is 9.24. The average molecular weight is 396 g/mol. The van der Waals surface area contributed by atoms with Crippen molar-refractivity contribution in [1.29, 1.82) is 0 Å². The molecule has 0 aliphatic heterocycles. The maximum absolute atomic E-state index is 12.8. The van der Waals surface area contributed by atoms with Gasteiger partial charge in [-0.25, -0.2) is 0 Å². The first kappa shape index (κ1) is 21.9. The summed E-state index contributed by atoms with van der Waals surface area (Å²) >= 11 is 0. The van der Waals surface area contributed by atoms with Crippen LogP contribution in [0.1, 0.15) is 39.2 Å². The SMILES string of the molecule is CC(C)C(=O)Oc1ccc2c(=O)c(-c3ccc(C(C)C)cc3)coc2c1.O=CO. The summed E-state index contributed by atoms with van der Waals surface area (Å²) in [6, 6.07) is 12.7. The summed E-state index contributed by atoms with van der Waals surface area (Å²) in [6.07, 6.45) is 1.46. The van der Waals surface area contributed by atoms with E-state index in [1.54, 1.807) is 32.0 Å². The minimum Gasteiger partial charge on any atom is -0.483 e. The molecule has 2 aromatic carbocycles. The normalized spacial score (nSPS) is 10.6. The Balaban J connectivity index is 0.000000941. The summed E-state index contributed by atoms with van der Waals surface area (Å²) in [7, 11) is 0. The number of benzene rings is 2. The molecule has 0 radical (unpaired) electrons. The number of hydrogen-bond donors (Lipinski definition) is 1. The van der Waals surface area contributed by atoms with Crippen molar-refractivity contribution in [3.63, 3.8) is 0 Å². The largest absolute Gasteiger partial charge is 0.483 e. The van der Waals surface area contributed by atoms with E-state index in [0.717, 1.165) is 5.56 Å². The monoisotopic (exact) mass is 396 g/mol. The van der Waals surface area contributed by atoms with Crippen molar-refractivity contribution in [3.05, 3.63) is 64.5 Å². The molecule has 0 fully saturated rings. The van der Waals surface area contributed by atoms with Crippen molar-refractivity contribution < 1.29 is 23.8 Å². The van der Waals surface area contributed by atoms with Crippen LogP contribution < -0.4 is 10.2 Å². The molecule has 6 heteroatoms. The Morgan fingerprint density at radius 2 is 1.69 bits per heavy atom. The fraction of sp³-hybridized carbons (Fsp3) is 0.261. The van der Waals surface area contributed by atoms with E-state index in [1.165, 1.54) is 11.8 Å². The molecule has 0 aliphatic rings. The van der Waals surface area contributed by atoms with Gasteiger partial charge in [0.1, 0.15) is 17.6 Å². The number of esters is 1. The summed E-state index contributed by atoms with van der Waals surface area (Å²) in [5, 5.41) is 7.35. The minimum atomic E-state index is -0.325. The zero-order chi connectivity index (χ0) is 21.6. The number of carbonyl (C=O) groups is 2. The molecule has 3 rings (SSSR count). The highest BCUT2D eigenvalue weighted by Crippen LogP contribution is 2.25. The summed E-state index contributed by atoms with van der Waals surface area (Å²) in [6.45, 7) is 7.53. The second-order valence-corrected chi connectivity index (χ2v) is 7.09. The number of hydrogen-bond acceptors (Lipinski definition) is 5. The van der Waals surface area contributed by atoms with Gasteiger partial charge in [0.25, 0.3) is 6.47 Å². The van der Waals surface area contributed by atoms with E-state index in [1.807, 2.05) is 24.3 Å². The topological polar surface area (TPSA) is 93.8 Å². The molecular weight excluding hydrogens is 372 g/mol. The molecule has 1 aromatic heterocycles. The van der Waals surface area contributed by atoms with Crippen LogP contribution in [0.3, 0.4) is 0 Å². The van der Waals surface area contributed by atoms with Crippen LogP contribution in [-0.4, -0.2) is 17.5 Å². The maximum atomic E-state index is 12.8. The van der Waals surface area contributed by atoms with Crippen LogP contribution in [0.2, 0.25) is 0 Å². The van der Waals surface area contributed by atoms with Gasteiger partial charge in [-0.1, -0.05) is 52.0 Å². The zero-order valence-corrected chi connectivity index (χ0v) is 16.8. The minimum absolute atomic E-state index is 0.106. The van der Waals surface area contributed by atoms with Crippen LogP contribution in [0.15, 0.2) is 57.9 Å². The van der Waals surface area contributed by atoms with Crippen LogP contribution in [-0.2, 0) is 9.59 Å². The fourth-order valence-corrected chi connectivity index (χ4v) is 2.65. The van der Waals surface area contributed by atoms with Gasteiger partial charge in [-0.05, 0) is 29.2 Å². The van der Waals surface area contributed by atoms with Gasteiger partial charge in [0.15, 0.2) is 5.43 Å². The van der Waals surface area contributed by atoms with Gasteiger partial charge in [-0.15, -0.1) is 0 Å². The number of carboxylic acid groups (broad SMARTS) is 1. The lowest BCUT2D eigenvalue weighted by atomic mass is 9.99. The average Bonchev–Trinajstić information content (AvgIpc) is 2.69. The molecule has 0 saturated carbocycles. The fourth-order valence-electron chi connectivity index (χ4n) is 2.65. The molecule has 152 valence electrons. The van der Waals surface area contributed by atoms with E-state index in [0.29, 0.717) is 28.2 Å². The van der Waals surface area contributed by atoms with Crippen molar-refractivity contribution >= 4 is 23.4 Å². The molecule has 1 N–H and O–H groups in total. The molecule has 0 atom stereocenters. The molecule has 29 heavy (non-hydrogen) atoms.